The predicted molar refractivity (Wildman–Crippen MR) is 80.9 cm³/mol. The SMILES string of the molecule is O=C(O)C=Cc1ccc(CN2CCN(C3CC3)CC2)s1. The van der Waals surface area contributed by atoms with Crippen molar-refractivity contribution in [2.24, 2.45) is 0 Å². The monoisotopic (exact) mass is 292 g/mol. The quantitative estimate of drug-likeness (QED) is 0.844. The third-order valence-corrected chi connectivity index (χ3v) is 4.96. The standard InChI is InChI=1S/C15H20N2O2S/c18-15(19)6-5-13-3-4-14(20-13)11-16-7-9-17(10-8-16)12-1-2-12/h3-6,12H,1-2,7-11H2,(H,18,19). The van der Waals surface area contributed by atoms with Gasteiger partial charge in [0, 0.05) is 54.6 Å². The van der Waals surface area contributed by atoms with Crippen molar-refractivity contribution in [3.63, 3.8) is 0 Å². The minimum Gasteiger partial charge on any atom is -0.478 e. The topological polar surface area (TPSA) is 43.8 Å². The van der Waals surface area contributed by atoms with Crippen LogP contribution in [0.15, 0.2) is 18.2 Å². The van der Waals surface area contributed by atoms with Crippen LogP contribution < -0.4 is 0 Å². The molecule has 0 bridgehead atoms. The van der Waals surface area contributed by atoms with Crippen LogP contribution in [0.3, 0.4) is 0 Å². The van der Waals surface area contributed by atoms with E-state index in [-0.39, 0.29) is 0 Å². The second-order valence-corrected chi connectivity index (χ2v) is 6.72. The molecule has 20 heavy (non-hydrogen) atoms. The molecule has 0 atom stereocenters. The number of piperazine rings is 1. The summed E-state index contributed by atoms with van der Waals surface area (Å²) in [5, 5.41) is 8.62. The maximum absolute atomic E-state index is 10.5. The van der Waals surface area contributed by atoms with Crippen LogP contribution in [0.4, 0.5) is 0 Å². The first-order chi connectivity index (χ1) is 9.70. The van der Waals surface area contributed by atoms with Crippen LogP contribution in [0.1, 0.15) is 22.6 Å². The third-order valence-electron chi connectivity index (χ3n) is 3.92. The van der Waals surface area contributed by atoms with E-state index in [0.29, 0.717) is 0 Å². The lowest BCUT2D eigenvalue weighted by Gasteiger charge is -2.34. The van der Waals surface area contributed by atoms with Gasteiger partial charge in [-0.25, -0.2) is 4.79 Å². The van der Waals surface area contributed by atoms with Gasteiger partial charge in [-0.2, -0.15) is 0 Å². The first-order valence-corrected chi connectivity index (χ1v) is 7.98. The largest absolute Gasteiger partial charge is 0.478 e. The molecule has 0 radical (unpaired) electrons. The summed E-state index contributed by atoms with van der Waals surface area (Å²) in [5.74, 6) is -0.892. The molecule has 0 amide bonds. The number of hydrogen-bond acceptors (Lipinski definition) is 4. The maximum atomic E-state index is 10.5. The molecule has 1 saturated carbocycles. The fourth-order valence-corrected chi connectivity index (χ4v) is 3.63. The highest BCUT2D eigenvalue weighted by molar-refractivity contribution is 7.12. The first kappa shape index (κ1) is 13.8. The summed E-state index contributed by atoms with van der Waals surface area (Å²) in [6.45, 7) is 5.68. The number of carboxylic acid groups (broad SMARTS) is 1. The molecule has 108 valence electrons. The van der Waals surface area contributed by atoms with E-state index in [9.17, 15) is 4.79 Å². The number of carboxylic acids is 1. The minimum atomic E-state index is -0.892. The Morgan fingerprint density at radius 2 is 2.05 bits per heavy atom. The third kappa shape index (κ3) is 3.69. The number of aliphatic carboxylic acids is 1. The van der Waals surface area contributed by atoms with Crippen LogP contribution in [0.2, 0.25) is 0 Å². The Bertz CT molecular complexity index is 500. The van der Waals surface area contributed by atoms with Gasteiger partial charge in [-0.3, -0.25) is 9.80 Å². The molecule has 2 fully saturated rings. The van der Waals surface area contributed by atoms with Crippen molar-refractivity contribution in [3.8, 4) is 0 Å². The van der Waals surface area contributed by atoms with Crippen molar-refractivity contribution in [1.82, 2.24) is 9.80 Å². The lowest BCUT2D eigenvalue weighted by molar-refractivity contribution is -0.131. The van der Waals surface area contributed by atoms with Crippen molar-refractivity contribution >= 4 is 23.4 Å². The Morgan fingerprint density at radius 3 is 2.70 bits per heavy atom. The second-order valence-electron chi connectivity index (χ2n) is 5.52. The van der Waals surface area contributed by atoms with Gasteiger partial charge in [-0.15, -0.1) is 11.3 Å². The van der Waals surface area contributed by atoms with E-state index < -0.39 is 5.97 Å². The van der Waals surface area contributed by atoms with Crippen LogP contribution in [0.5, 0.6) is 0 Å². The molecule has 1 aliphatic heterocycles. The lowest BCUT2D eigenvalue weighted by atomic mass is 10.3. The van der Waals surface area contributed by atoms with Gasteiger partial charge in [-0.1, -0.05) is 0 Å². The highest BCUT2D eigenvalue weighted by atomic mass is 32.1. The fourth-order valence-electron chi connectivity index (χ4n) is 2.67. The van der Waals surface area contributed by atoms with Crippen LogP contribution in [0.25, 0.3) is 6.08 Å². The number of carbonyl (C=O) groups is 1. The zero-order chi connectivity index (χ0) is 13.9. The van der Waals surface area contributed by atoms with Gasteiger partial charge in [-0.05, 0) is 31.1 Å². The summed E-state index contributed by atoms with van der Waals surface area (Å²) in [6, 6.07) is 4.99. The highest BCUT2D eigenvalue weighted by Crippen LogP contribution is 2.28. The van der Waals surface area contributed by atoms with Gasteiger partial charge in [0.2, 0.25) is 0 Å². The molecular formula is C15H20N2O2S. The lowest BCUT2D eigenvalue weighted by Crippen LogP contribution is -2.46. The molecule has 1 N–H and O–H groups in total. The Hall–Kier alpha value is -1.17. The Morgan fingerprint density at radius 1 is 1.30 bits per heavy atom. The number of nitrogens with zero attached hydrogens (tertiary/aromatic N) is 2. The first-order valence-electron chi connectivity index (χ1n) is 7.17. The average Bonchev–Trinajstić information content (AvgIpc) is 3.19. The maximum Gasteiger partial charge on any atom is 0.328 e. The highest BCUT2D eigenvalue weighted by Gasteiger charge is 2.31. The molecule has 1 aliphatic carbocycles. The van der Waals surface area contributed by atoms with Gasteiger partial charge in [0.15, 0.2) is 0 Å². The van der Waals surface area contributed by atoms with E-state index in [1.165, 1.54) is 36.9 Å². The average molecular weight is 292 g/mol. The zero-order valence-corrected chi connectivity index (χ0v) is 12.3. The molecule has 3 rings (SSSR count). The van der Waals surface area contributed by atoms with E-state index in [1.807, 2.05) is 6.07 Å². The second kappa shape index (κ2) is 6.08. The van der Waals surface area contributed by atoms with Crippen LogP contribution >= 0.6 is 11.3 Å². The molecule has 0 aromatic carbocycles. The van der Waals surface area contributed by atoms with Crippen LogP contribution in [-0.2, 0) is 11.3 Å². The Kier molecular flexibility index (Phi) is 4.19. The predicted octanol–water partition coefficient (Wildman–Crippen LogP) is 2.13. The molecule has 2 aliphatic rings. The van der Waals surface area contributed by atoms with Crippen molar-refractivity contribution in [3.05, 3.63) is 28.0 Å². The molecule has 1 aromatic heterocycles. The molecule has 5 heteroatoms. The van der Waals surface area contributed by atoms with Crippen molar-refractivity contribution in [1.29, 1.82) is 0 Å². The molecule has 2 heterocycles. The molecule has 4 nitrogen and oxygen atoms in total. The van der Waals surface area contributed by atoms with E-state index in [1.54, 1.807) is 17.4 Å². The number of hydrogen-bond donors (Lipinski definition) is 1. The van der Waals surface area contributed by atoms with E-state index in [4.69, 9.17) is 5.11 Å². The van der Waals surface area contributed by atoms with Gasteiger partial charge < -0.3 is 5.11 Å². The van der Waals surface area contributed by atoms with Gasteiger partial charge >= 0.3 is 5.97 Å². The summed E-state index contributed by atoms with van der Waals surface area (Å²) >= 11 is 1.68. The fraction of sp³-hybridized carbons (Fsp3) is 0.533. The molecule has 0 unspecified atom stereocenters. The summed E-state index contributed by atoms with van der Waals surface area (Å²) in [4.78, 5) is 17.9. The van der Waals surface area contributed by atoms with E-state index in [2.05, 4.69) is 15.9 Å². The molecule has 0 spiro atoms. The number of rotatable bonds is 5. The molecular weight excluding hydrogens is 272 g/mol. The van der Waals surface area contributed by atoms with Gasteiger partial charge in [0.25, 0.3) is 0 Å². The normalized spacial score (nSPS) is 21.6. The van der Waals surface area contributed by atoms with Gasteiger partial charge in [0.1, 0.15) is 0 Å². The smallest absolute Gasteiger partial charge is 0.328 e. The summed E-state index contributed by atoms with van der Waals surface area (Å²) in [6.07, 6.45) is 5.65. The van der Waals surface area contributed by atoms with Crippen molar-refractivity contribution < 1.29 is 9.90 Å². The molecule has 1 saturated heterocycles. The number of thiophene rings is 1. The van der Waals surface area contributed by atoms with E-state index >= 15 is 0 Å². The van der Waals surface area contributed by atoms with Crippen LogP contribution in [-0.4, -0.2) is 53.1 Å². The van der Waals surface area contributed by atoms with Crippen LogP contribution in [0, 0.1) is 0 Å². The van der Waals surface area contributed by atoms with Gasteiger partial charge in [0.05, 0.1) is 0 Å². The Labute approximate surface area is 123 Å². The minimum absolute atomic E-state index is 0.881. The van der Waals surface area contributed by atoms with Crippen molar-refractivity contribution in [2.75, 3.05) is 26.2 Å². The molecule has 1 aromatic rings. The summed E-state index contributed by atoms with van der Waals surface area (Å²) in [5.41, 5.74) is 0. The zero-order valence-electron chi connectivity index (χ0n) is 11.5. The Balaban J connectivity index is 1.49. The van der Waals surface area contributed by atoms with Crippen molar-refractivity contribution in [2.45, 2.75) is 25.4 Å². The summed E-state index contributed by atoms with van der Waals surface area (Å²) in [7, 11) is 0. The van der Waals surface area contributed by atoms with E-state index in [0.717, 1.165) is 30.6 Å². The summed E-state index contributed by atoms with van der Waals surface area (Å²) < 4.78 is 0.